The number of methoxy groups -OCH3 is 2. The van der Waals surface area contributed by atoms with Gasteiger partial charge in [0.25, 0.3) is 0 Å². The van der Waals surface area contributed by atoms with Gasteiger partial charge in [-0.25, -0.2) is 4.39 Å². The van der Waals surface area contributed by atoms with Crippen LogP contribution in [0.1, 0.15) is 38.8 Å². The third-order valence-corrected chi connectivity index (χ3v) is 8.93. The van der Waals surface area contributed by atoms with Crippen molar-refractivity contribution in [3.05, 3.63) is 119 Å². The van der Waals surface area contributed by atoms with Crippen LogP contribution in [0, 0.1) is 5.82 Å². The number of primary amides is 1. The molecule has 46 heavy (non-hydrogen) atoms. The summed E-state index contributed by atoms with van der Waals surface area (Å²) >= 11 is 1.37. The van der Waals surface area contributed by atoms with Gasteiger partial charge < -0.3 is 25.3 Å². The Kier molecular flexibility index (Phi) is 10.4. The summed E-state index contributed by atoms with van der Waals surface area (Å²) in [6.45, 7) is 0.651. The Morgan fingerprint density at radius 1 is 0.913 bits per heavy atom. The van der Waals surface area contributed by atoms with Gasteiger partial charge in [-0.15, -0.1) is 11.8 Å². The monoisotopic (exact) mass is 643 g/mol. The summed E-state index contributed by atoms with van der Waals surface area (Å²) < 4.78 is 29.7. The number of halogens is 1. The van der Waals surface area contributed by atoms with E-state index in [0.717, 1.165) is 16.7 Å². The smallest absolute Gasteiger partial charge is 0.248 e. The fraction of sp³-hybridized carbons (Fsp3) is 0.229. The average Bonchev–Trinajstić information content (AvgIpc) is 3.39. The molecule has 0 unspecified atom stereocenters. The number of thioether (sulfide) groups is 1. The van der Waals surface area contributed by atoms with Crippen molar-refractivity contribution in [2.45, 2.75) is 30.1 Å². The molecule has 238 valence electrons. The molecule has 0 saturated carbocycles. The fourth-order valence-electron chi connectivity index (χ4n) is 5.08. The molecule has 0 aliphatic carbocycles. The SMILES string of the molecule is COc1ccc(CCNC(=O)C[C@H]2S[C@@H](c3ccc(OCc4ccc(F)cc4)cc3)N(c3cccc(C(N)=O)c3)C2=O)cc1OC. The molecular formula is C35H34FN3O6S. The van der Waals surface area contributed by atoms with Gasteiger partial charge in [-0.2, -0.15) is 0 Å². The Morgan fingerprint density at radius 2 is 1.63 bits per heavy atom. The van der Waals surface area contributed by atoms with Crippen LogP contribution in [-0.4, -0.2) is 43.7 Å². The highest BCUT2D eigenvalue weighted by Gasteiger charge is 2.43. The summed E-state index contributed by atoms with van der Waals surface area (Å²) in [5.41, 5.74) is 8.91. The van der Waals surface area contributed by atoms with E-state index in [4.69, 9.17) is 19.9 Å². The Bertz CT molecular complexity index is 1700. The van der Waals surface area contributed by atoms with Gasteiger partial charge in [0.05, 0.1) is 19.5 Å². The largest absolute Gasteiger partial charge is 0.493 e. The molecule has 0 spiro atoms. The molecule has 1 fully saturated rings. The summed E-state index contributed by atoms with van der Waals surface area (Å²) in [7, 11) is 3.14. The van der Waals surface area contributed by atoms with Crippen molar-refractivity contribution in [3.63, 3.8) is 0 Å². The number of benzene rings is 4. The standard InChI is InChI=1S/C35H34FN3O6S/c1-43-29-15-8-22(18-30(29)44-2)16-17-38-32(40)20-31-34(42)39(27-5-3-4-25(19-27)33(37)41)35(46-31)24-9-13-28(14-10-24)45-21-23-6-11-26(36)12-7-23/h3-15,18-19,31,35H,16-17,20-21H2,1-2H3,(H2,37,41)(H,38,40)/t31-,35+/m1/s1. The predicted octanol–water partition coefficient (Wildman–Crippen LogP) is 5.42. The van der Waals surface area contributed by atoms with Crippen molar-refractivity contribution in [1.29, 1.82) is 0 Å². The van der Waals surface area contributed by atoms with Gasteiger partial charge >= 0.3 is 0 Å². The lowest BCUT2D eigenvalue weighted by molar-refractivity contribution is -0.124. The molecule has 5 rings (SSSR count). The first-order valence-corrected chi connectivity index (χ1v) is 15.5. The Hall–Kier alpha value is -5.03. The van der Waals surface area contributed by atoms with E-state index in [9.17, 15) is 18.8 Å². The molecular weight excluding hydrogens is 609 g/mol. The minimum absolute atomic E-state index is 0.0171. The topological polar surface area (TPSA) is 120 Å². The number of nitrogens with two attached hydrogens (primary N) is 1. The Morgan fingerprint density at radius 3 is 2.33 bits per heavy atom. The molecule has 1 aliphatic heterocycles. The highest BCUT2D eigenvalue weighted by atomic mass is 32.2. The maximum Gasteiger partial charge on any atom is 0.248 e. The lowest BCUT2D eigenvalue weighted by atomic mass is 10.1. The molecule has 3 N–H and O–H groups in total. The minimum atomic E-state index is -0.655. The number of hydrogen-bond acceptors (Lipinski definition) is 7. The molecule has 0 bridgehead atoms. The molecule has 11 heteroatoms. The highest BCUT2D eigenvalue weighted by Crippen LogP contribution is 2.47. The molecule has 4 aromatic rings. The number of amides is 3. The number of anilines is 1. The Labute approximate surface area is 270 Å². The van der Waals surface area contributed by atoms with Crippen molar-refractivity contribution in [2.75, 3.05) is 25.7 Å². The van der Waals surface area contributed by atoms with Crippen LogP contribution in [-0.2, 0) is 22.6 Å². The first-order valence-electron chi connectivity index (χ1n) is 14.6. The summed E-state index contributed by atoms with van der Waals surface area (Å²) in [6, 6.07) is 25.6. The van der Waals surface area contributed by atoms with Crippen molar-refractivity contribution < 1.29 is 33.0 Å². The molecule has 0 aromatic heterocycles. The van der Waals surface area contributed by atoms with Crippen LogP contribution in [0.15, 0.2) is 91.0 Å². The summed E-state index contributed by atoms with van der Waals surface area (Å²) in [4.78, 5) is 40.3. The van der Waals surface area contributed by atoms with Gasteiger partial charge in [0, 0.05) is 24.2 Å². The highest BCUT2D eigenvalue weighted by molar-refractivity contribution is 8.01. The molecule has 1 saturated heterocycles. The minimum Gasteiger partial charge on any atom is -0.493 e. The van der Waals surface area contributed by atoms with Crippen molar-refractivity contribution >= 4 is 35.2 Å². The normalized spacial score (nSPS) is 15.8. The van der Waals surface area contributed by atoms with E-state index in [1.165, 1.54) is 23.9 Å². The lowest BCUT2D eigenvalue weighted by Crippen LogP contribution is -2.34. The summed E-state index contributed by atoms with van der Waals surface area (Å²) in [5.74, 6) is 0.428. The number of hydrogen-bond donors (Lipinski definition) is 2. The number of rotatable bonds is 13. The van der Waals surface area contributed by atoms with Gasteiger partial charge in [0.1, 0.15) is 23.5 Å². The van der Waals surface area contributed by atoms with Crippen LogP contribution in [0.25, 0.3) is 0 Å². The zero-order valence-corrected chi connectivity index (χ0v) is 26.2. The second-order valence-corrected chi connectivity index (χ2v) is 11.9. The second-order valence-electron chi connectivity index (χ2n) is 10.6. The quantitative estimate of drug-likeness (QED) is 0.200. The van der Waals surface area contributed by atoms with Gasteiger partial charge in [-0.1, -0.05) is 36.4 Å². The van der Waals surface area contributed by atoms with Crippen LogP contribution in [0.2, 0.25) is 0 Å². The lowest BCUT2D eigenvalue weighted by Gasteiger charge is -2.25. The van der Waals surface area contributed by atoms with Crippen LogP contribution in [0.5, 0.6) is 17.2 Å². The number of nitrogens with one attached hydrogen (secondary N) is 1. The molecule has 3 amide bonds. The van der Waals surface area contributed by atoms with E-state index in [1.807, 2.05) is 30.3 Å². The van der Waals surface area contributed by atoms with Crippen LogP contribution in [0.4, 0.5) is 10.1 Å². The molecule has 9 nitrogen and oxygen atoms in total. The van der Waals surface area contributed by atoms with E-state index >= 15 is 0 Å². The van der Waals surface area contributed by atoms with Crippen LogP contribution >= 0.6 is 11.8 Å². The maximum atomic E-state index is 13.8. The van der Waals surface area contributed by atoms with Crippen LogP contribution in [0.3, 0.4) is 0 Å². The molecule has 1 heterocycles. The number of ether oxygens (including phenoxy) is 3. The van der Waals surface area contributed by atoms with Crippen molar-refractivity contribution in [2.24, 2.45) is 5.73 Å². The number of carbonyl (C=O) groups is 3. The molecule has 4 aromatic carbocycles. The van der Waals surface area contributed by atoms with Gasteiger partial charge in [0.2, 0.25) is 17.7 Å². The predicted molar refractivity (Wildman–Crippen MR) is 175 cm³/mol. The van der Waals surface area contributed by atoms with E-state index in [-0.39, 0.29) is 36.2 Å². The van der Waals surface area contributed by atoms with E-state index < -0.39 is 16.5 Å². The Balaban J connectivity index is 1.28. The summed E-state index contributed by atoms with van der Waals surface area (Å²) in [6.07, 6.45) is 0.554. The number of nitrogens with zero attached hydrogens (tertiary/aromatic N) is 1. The van der Waals surface area contributed by atoms with Gasteiger partial charge in [-0.3, -0.25) is 19.3 Å². The van der Waals surface area contributed by atoms with Crippen molar-refractivity contribution in [1.82, 2.24) is 5.32 Å². The second kappa shape index (κ2) is 14.8. The van der Waals surface area contributed by atoms with E-state index in [0.29, 0.717) is 35.9 Å². The van der Waals surface area contributed by atoms with Crippen LogP contribution < -0.4 is 30.2 Å². The van der Waals surface area contributed by atoms with E-state index in [1.54, 1.807) is 67.7 Å². The van der Waals surface area contributed by atoms with E-state index in [2.05, 4.69) is 5.32 Å². The van der Waals surface area contributed by atoms with Crippen molar-refractivity contribution in [3.8, 4) is 17.2 Å². The van der Waals surface area contributed by atoms with Gasteiger partial charge in [-0.05, 0) is 77.7 Å². The zero-order chi connectivity index (χ0) is 32.6. The van der Waals surface area contributed by atoms with Gasteiger partial charge in [0.15, 0.2) is 11.5 Å². The first kappa shape index (κ1) is 32.4. The zero-order valence-electron chi connectivity index (χ0n) is 25.4. The summed E-state index contributed by atoms with van der Waals surface area (Å²) in [5, 5.41) is 1.80. The molecule has 2 atom stereocenters. The fourth-order valence-corrected chi connectivity index (χ4v) is 6.53. The molecule has 1 aliphatic rings. The maximum absolute atomic E-state index is 13.8. The molecule has 0 radical (unpaired) electrons. The third kappa shape index (κ3) is 7.78. The number of carbonyl (C=O) groups excluding carboxylic acids is 3. The third-order valence-electron chi connectivity index (χ3n) is 7.49. The first-order chi connectivity index (χ1) is 22.2. The average molecular weight is 644 g/mol.